The van der Waals surface area contributed by atoms with Crippen molar-refractivity contribution in [1.29, 1.82) is 0 Å². The number of hydrogen-bond acceptors (Lipinski definition) is 5. The van der Waals surface area contributed by atoms with Crippen LogP contribution in [0.25, 0.3) is 0 Å². The van der Waals surface area contributed by atoms with E-state index < -0.39 is 0 Å². The van der Waals surface area contributed by atoms with E-state index in [1.54, 1.807) is 0 Å². The maximum absolute atomic E-state index is 5.81. The van der Waals surface area contributed by atoms with E-state index in [0.29, 0.717) is 0 Å². The molecule has 0 saturated carbocycles. The highest BCUT2D eigenvalue weighted by atomic mass is 15.4. The maximum atomic E-state index is 5.81. The fourth-order valence-electron chi connectivity index (χ4n) is 1.29. The second-order valence-electron chi connectivity index (χ2n) is 4.53. The van der Waals surface area contributed by atoms with Crippen molar-refractivity contribution in [1.82, 2.24) is 15.3 Å². The van der Waals surface area contributed by atoms with Gasteiger partial charge in [0.05, 0.1) is 0 Å². The summed E-state index contributed by atoms with van der Waals surface area (Å²) >= 11 is 0. The highest BCUT2D eigenvalue weighted by Crippen LogP contribution is 1.84. The van der Waals surface area contributed by atoms with Gasteiger partial charge in [-0.05, 0) is 19.4 Å². The summed E-state index contributed by atoms with van der Waals surface area (Å²) in [5.41, 5.74) is 0. The molecule has 0 unspecified atom stereocenters. The molecule has 0 atom stereocenters. The van der Waals surface area contributed by atoms with Crippen LogP contribution in [0.2, 0.25) is 0 Å². The Morgan fingerprint density at radius 1 is 0.722 bits per heavy atom. The van der Waals surface area contributed by atoms with Crippen LogP contribution in [-0.4, -0.2) is 49.3 Å². The lowest BCUT2D eigenvalue weighted by Crippen LogP contribution is -2.44. The molecule has 0 radical (unpaired) electrons. The molecule has 5 nitrogen and oxygen atoms in total. The van der Waals surface area contributed by atoms with E-state index in [9.17, 15) is 0 Å². The number of hydrazine groups is 2. The highest BCUT2D eigenvalue weighted by Gasteiger charge is 2.01. The average molecular weight is 261 g/mol. The molecule has 0 aliphatic rings. The van der Waals surface area contributed by atoms with Gasteiger partial charge < -0.3 is 5.32 Å². The smallest absolute Gasteiger partial charge is 0.0270 e. The average Bonchev–Trinajstić information content (AvgIpc) is 2.33. The molecule has 0 aliphatic heterocycles. The van der Waals surface area contributed by atoms with Crippen molar-refractivity contribution in [3.05, 3.63) is 0 Å². The summed E-state index contributed by atoms with van der Waals surface area (Å²) < 4.78 is 0. The van der Waals surface area contributed by atoms with Crippen molar-refractivity contribution >= 4 is 0 Å². The zero-order valence-electron chi connectivity index (χ0n) is 12.9. The van der Waals surface area contributed by atoms with Crippen LogP contribution in [0, 0.1) is 0 Å². The minimum Gasteiger partial charge on any atom is -0.315 e. The summed E-state index contributed by atoms with van der Waals surface area (Å²) in [4.78, 5) is 0. The monoisotopic (exact) mass is 261 g/mol. The van der Waals surface area contributed by atoms with E-state index in [1.807, 2.05) is 10.0 Å². The van der Waals surface area contributed by atoms with Crippen LogP contribution in [0.4, 0.5) is 0 Å². The Morgan fingerprint density at radius 2 is 1.22 bits per heavy atom. The Labute approximate surface area is 114 Å². The SMILES string of the molecule is CCC.CCCNCCN(N)CCN(N)CCC. The summed E-state index contributed by atoms with van der Waals surface area (Å²) in [5.74, 6) is 11.6. The van der Waals surface area contributed by atoms with E-state index in [1.165, 1.54) is 6.42 Å². The molecule has 0 aliphatic carbocycles. The van der Waals surface area contributed by atoms with E-state index >= 15 is 0 Å². The van der Waals surface area contributed by atoms with Crippen LogP contribution < -0.4 is 17.0 Å². The number of nitrogens with zero attached hydrogens (tertiary/aromatic N) is 2. The van der Waals surface area contributed by atoms with Crippen molar-refractivity contribution < 1.29 is 0 Å². The zero-order chi connectivity index (χ0) is 14.2. The van der Waals surface area contributed by atoms with Crippen LogP contribution in [-0.2, 0) is 0 Å². The Balaban J connectivity index is 0. The normalized spacial score (nSPS) is 10.7. The Kier molecular flexibility index (Phi) is 18.8. The first-order valence-electron chi connectivity index (χ1n) is 7.32. The third-order valence-corrected chi connectivity index (χ3v) is 2.19. The van der Waals surface area contributed by atoms with Crippen molar-refractivity contribution in [2.75, 3.05) is 39.3 Å². The predicted octanol–water partition coefficient (Wildman–Crippen LogP) is 1.16. The van der Waals surface area contributed by atoms with E-state index in [4.69, 9.17) is 11.7 Å². The van der Waals surface area contributed by atoms with Gasteiger partial charge in [-0.25, -0.2) is 10.0 Å². The lowest BCUT2D eigenvalue weighted by atomic mass is 10.4. The summed E-state index contributed by atoms with van der Waals surface area (Å²) in [5, 5.41) is 6.95. The lowest BCUT2D eigenvalue weighted by Gasteiger charge is -2.21. The Hall–Kier alpha value is -0.200. The molecule has 0 spiro atoms. The molecular weight excluding hydrogens is 226 g/mol. The molecule has 0 bridgehead atoms. The molecule has 0 saturated heterocycles. The minimum atomic E-state index is 0.824. The van der Waals surface area contributed by atoms with Gasteiger partial charge >= 0.3 is 0 Å². The van der Waals surface area contributed by atoms with Gasteiger partial charge in [-0.2, -0.15) is 0 Å². The van der Waals surface area contributed by atoms with Crippen molar-refractivity contribution in [3.8, 4) is 0 Å². The number of nitrogens with two attached hydrogens (primary N) is 2. The molecule has 0 aromatic rings. The molecule has 5 N–H and O–H groups in total. The largest absolute Gasteiger partial charge is 0.315 e. The van der Waals surface area contributed by atoms with Crippen LogP contribution in [0.5, 0.6) is 0 Å². The molecular formula is C13H35N5. The molecule has 0 fully saturated rings. The quantitative estimate of drug-likeness (QED) is 0.313. The van der Waals surface area contributed by atoms with Gasteiger partial charge in [0.15, 0.2) is 0 Å². The van der Waals surface area contributed by atoms with Gasteiger partial charge in [-0.3, -0.25) is 11.7 Å². The Bertz CT molecular complexity index is 143. The molecule has 0 amide bonds. The van der Waals surface area contributed by atoms with Crippen LogP contribution in [0.3, 0.4) is 0 Å². The van der Waals surface area contributed by atoms with Gasteiger partial charge in [0, 0.05) is 32.7 Å². The summed E-state index contributed by atoms with van der Waals surface area (Å²) in [7, 11) is 0. The highest BCUT2D eigenvalue weighted by molar-refractivity contribution is 4.55. The molecule has 0 rings (SSSR count). The van der Waals surface area contributed by atoms with Crippen molar-refractivity contribution in [2.45, 2.75) is 47.0 Å². The number of nitrogens with one attached hydrogen (secondary N) is 1. The number of hydrogen-bond donors (Lipinski definition) is 3. The summed E-state index contributed by atoms with van der Waals surface area (Å²) in [6.07, 6.45) is 3.50. The van der Waals surface area contributed by atoms with Gasteiger partial charge in [0.1, 0.15) is 0 Å². The first-order chi connectivity index (χ1) is 8.62. The topological polar surface area (TPSA) is 70.5 Å². The van der Waals surface area contributed by atoms with Crippen LogP contribution in [0.15, 0.2) is 0 Å². The molecule has 0 aromatic heterocycles. The predicted molar refractivity (Wildman–Crippen MR) is 80.9 cm³/mol. The maximum Gasteiger partial charge on any atom is 0.0270 e. The fraction of sp³-hybridized carbons (Fsp3) is 1.00. The second kappa shape index (κ2) is 16.8. The van der Waals surface area contributed by atoms with E-state index in [0.717, 1.165) is 52.1 Å². The molecule has 0 heterocycles. The van der Waals surface area contributed by atoms with Gasteiger partial charge in [0.25, 0.3) is 0 Å². The fourth-order valence-corrected chi connectivity index (χ4v) is 1.29. The van der Waals surface area contributed by atoms with E-state index in [2.05, 4.69) is 33.0 Å². The van der Waals surface area contributed by atoms with Gasteiger partial charge in [-0.15, -0.1) is 0 Å². The van der Waals surface area contributed by atoms with Crippen molar-refractivity contribution in [3.63, 3.8) is 0 Å². The van der Waals surface area contributed by atoms with Gasteiger partial charge in [0.2, 0.25) is 0 Å². The van der Waals surface area contributed by atoms with Crippen LogP contribution >= 0.6 is 0 Å². The number of rotatable bonds is 10. The third-order valence-electron chi connectivity index (χ3n) is 2.19. The first kappa shape index (κ1) is 20.1. The minimum absolute atomic E-state index is 0.824. The van der Waals surface area contributed by atoms with E-state index in [-0.39, 0.29) is 0 Å². The molecule has 0 aromatic carbocycles. The molecule has 112 valence electrons. The van der Waals surface area contributed by atoms with Crippen molar-refractivity contribution in [2.24, 2.45) is 11.7 Å². The standard InChI is InChI=1S/C10H27N5.C3H8/c1-3-5-13-6-8-15(12)10-9-14(11)7-4-2;1-3-2/h13H,3-12H2,1-2H3;3H2,1-2H3. The summed E-state index contributed by atoms with van der Waals surface area (Å²) in [6.45, 7) is 14.0. The zero-order valence-corrected chi connectivity index (χ0v) is 12.9. The third kappa shape index (κ3) is 18.2. The Morgan fingerprint density at radius 3 is 1.67 bits per heavy atom. The lowest BCUT2D eigenvalue weighted by molar-refractivity contribution is 0.208. The van der Waals surface area contributed by atoms with Gasteiger partial charge in [-0.1, -0.05) is 34.1 Å². The first-order valence-corrected chi connectivity index (χ1v) is 7.32. The van der Waals surface area contributed by atoms with Crippen LogP contribution in [0.1, 0.15) is 47.0 Å². The molecule has 18 heavy (non-hydrogen) atoms. The molecule has 5 heteroatoms. The summed E-state index contributed by atoms with van der Waals surface area (Å²) in [6, 6.07) is 0. The second-order valence-corrected chi connectivity index (χ2v) is 4.53.